The molecule has 0 saturated carbocycles. The van der Waals surface area contributed by atoms with Gasteiger partial charge in [0.05, 0.1) is 19.6 Å². The summed E-state index contributed by atoms with van der Waals surface area (Å²) in [5, 5.41) is 14.2. The highest BCUT2D eigenvalue weighted by Gasteiger charge is 2.21. The molecule has 1 atom stereocenters. The SMILES string of the molecule is COc1cnn(C)c1C(O)c1coc(C)c1. The van der Waals surface area contributed by atoms with Crippen molar-refractivity contribution < 1.29 is 14.3 Å². The topological polar surface area (TPSA) is 60.4 Å². The van der Waals surface area contributed by atoms with Gasteiger partial charge in [-0.2, -0.15) is 5.10 Å². The lowest BCUT2D eigenvalue weighted by atomic mass is 10.1. The van der Waals surface area contributed by atoms with E-state index in [9.17, 15) is 5.11 Å². The average Bonchev–Trinajstić information content (AvgIpc) is 2.83. The molecule has 0 saturated heterocycles. The molecule has 0 fully saturated rings. The van der Waals surface area contributed by atoms with Gasteiger partial charge in [-0.1, -0.05) is 0 Å². The second kappa shape index (κ2) is 4.02. The highest BCUT2D eigenvalue weighted by molar-refractivity contribution is 5.33. The highest BCUT2D eigenvalue weighted by atomic mass is 16.5. The highest BCUT2D eigenvalue weighted by Crippen LogP contribution is 2.29. The quantitative estimate of drug-likeness (QED) is 0.853. The number of furan rings is 1. The monoisotopic (exact) mass is 222 g/mol. The number of methoxy groups -OCH3 is 1. The van der Waals surface area contributed by atoms with Gasteiger partial charge in [0.25, 0.3) is 0 Å². The van der Waals surface area contributed by atoms with Crippen LogP contribution in [0.25, 0.3) is 0 Å². The number of hydrogen-bond acceptors (Lipinski definition) is 4. The minimum Gasteiger partial charge on any atom is -0.493 e. The zero-order valence-electron chi connectivity index (χ0n) is 9.47. The number of aryl methyl sites for hydroxylation is 2. The lowest BCUT2D eigenvalue weighted by Gasteiger charge is -2.10. The van der Waals surface area contributed by atoms with E-state index in [1.54, 1.807) is 31.1 Å². The van der Waals surface area contributed by atoms with Crippen molar-refractivity contribution in [3.05, 3.63) is 35.5 Å². The van der Waals surface area contributed by atoms with E-state index in [1.807, 2.05) is 6.92 Å². The maximum Gasteiger partial charge on any atom is 0.162 e. The van der Waals surface area contributed by atoms with Crippen LogP contribution in [0, 0.1) is 6.92 Å². The zero-order chi connectivity index (χ0) is 11.7. The van der Waals surface area contributed by atoms with Crippen molar-refractivity contribution in [2.24, 2.45) is 7.05 Å². The summed E-state index contributed by atoms with van der Waals surface area (Å²) in [5.41, 5.74) is 1.31. The molecule has 0 aromatic carbocycles. The number of hydrogen-bond donors (Lipinski definition) is 1. The number of ether oxygens (including phenoxy) is 1. The lowest BCUT2D eigenvalue weighted by molar-refractivity contribution is 0.203. The first-order valence-electron chi connectivity index (χ1n) is 4.92. The summed E-state index contributed by atoms with van der Waals surface area (Å²) < 4.78 is 11.9. The van der Waals surface area contributed by atoms with Crippen LogP contribution >= 0.6 is 0 Å². The molecule has 5 heteroatoms. The Morgan fingerprint density at radius 3 is 2.88 bits per heavy atom. The number of aliphatic hydroxyl groups excluding tert-OH is 1. The maximum atomic E-state index is 10.2. The standard InChI is InChI=1S/C11H14N2O3/c1-7-4-8(6-16-7)11(14)10-9(15-3)5-12-13(10)2/h4-6,11,14H,1-3H3. The van der Waals surface area contributed by atoms with Crippen LogP contribution in [-0.2, 0) is 7.05 Å². The Morgan fingerprint density at radius 1 is 1.56 bits per heavy atom. The number of rotatable bonds is 3. The molecule has 5 nitrogen and oxygen atoms in total. The van der Waals surface area contributed by atoms with Crippen LogP contribution in [-0.4, -0.2) is 22.0 Å². The van der Waals surface area contributed by atoms with E-state index in [2.05, 4.69) is 5.10 Å². The van der Waals surface area contributed by atoms with Gasteiger partial charge in [-0.05, 0) is 13.0 Å². The van der Waals surface area contributed by atoms with Crippen molar-refractivity contribution in [1.29, 1.82) is 0 Å². The normalized spacial score (nSPS) is 12.8. The maximum absolute atomic E-state index is 10.2. The molecule has 1 N–H and O–H groups in total. The first-order chi connectivity index (χ1) is 7.63. The Hall–Kier alpha value is -1.75. The summed E-state index contributed by atoms with van der Waals surface area (Å²) >= 11 is 0. The molecule has 2 heterocycles. The van der Waals surface area contributed by atoms with Crippen LogP contribution < -0.4 is 4.74 Å². The molecule has 2 aromatic heterocycles. The van der Waals surface area contributed by atoms with Gasteiger partial charge in [0.2, 0.25) is 0 Å². The Balaban J connectivity index is 2.40. The van der Waals surface area contributed by atoms with E-state index in [-0.39, 0.29) is 0 Å². The van der Waals surface area contributed by atoms with Crippen LogP contribution in [0.4, 0.5) is 0 Å². The van der Waals surface area contributed by atoms with Crippen molar-refractivity contribution in [2.75, 3.05) is 7.11 Å². The lowest BCUT2D eigenvalue weighted by Crippen LogP contribution is -2.07. The van der Waals surface area contributed by atoms with E-state index in [0.717, 1.165) is 5.76 Å². The van der Waals surface area contributed by atoms with Gasteiger partial charge in [-0.3, -0.25) is 4.68 Å². The van der Waals surface area contributed by atoms with Crippen molar-refractivity contribution in [1.82, 2.24) is 9.78 Å². The zero-order valence-corrected chi connectivity index (χ0v) is 9.47. The Bertz CT molecular complexity index is 487. The van der Waals surface area contributed by atoms with E-state index < -0.39 is 6.10 Å². The second-order valence-corrected chi connectivity index (χ2v) is 3.62. The predicted octanol–water partition coefficient (Wildman–Crippen LogP) is 1.41. The first-order valence-corrected chi connectivity index (χ1v) is 4.92. The smallest absolute Gasteiger partial charge is 0.162 e. The summed E-state index contributed by atoms with van der Waals surface area (Å²) in [6.07, 6.45) is 2.32. The summed E-state index contributed by atoms with van der Waals surface area (Å²) in [7, 11) is 3.31. The minimum absolute atomic E-state index is 0.564. The van der Waals surface area contributed by atoms with Gasteiger partial charge in [-0.15, -0.1) is 0 Å². The van der Waals surface area contributed by atoms with E-state index in [0.29, 0.717) is 17.0 Å². The molecule has 0 aliphatic carbocycles. The fourth-order valence-corrected chi connectivity index (χ4v) is 1.66. The molecular formula is C11H14N2O3. The van der Waals surface area contributed by atoms with Crippen molar-refractivity contribution in [3.8, 4) is 5.75 Å². The van der Waals surface area contributed by atoms with E-state index >= 15 is 0 Å². The third-order valence-electron chi connectivity index (χ3n) is 2.49. The predicted molar refractivity (Wildman–Crippen MR) is 57.3 cm³/mol. The molecule has 2 rings (SSSR count). The molecular weight excluding hydrogens is 208 g/mol. The molecule has 0 aliphatic heterocycles. The van der Waals surface area contributed by atoms with Gasteiger partial charge in [0.15, 0.2) is 5.75 Å². The molecule has 1 unspecified atom stereocenters. The van der Waals surface area contributed by atoms with Crippen molar-refractivity contribution in [3.63, 3.8) is 0 Å². The minimum atomic E-state index is -0.792. The van der Waals surface area contributed by atoms with Crippen molar-refractivity contribution in [2.45, 2.75) is 13.0 Å². The first kappa shape index (κ1) is 10.8. The molecule has 0 aliphatic rings. The molecule has 0 spiro atoms. The Morgan fingerprint density at radius 2 is 2.31 bits per heavy atom. The largest absolute Gasteiger partial charge is 0.493 e. The van der Waals surface area contributed by atoms with Gasteiger partial charge in [0.1, 0.15) is 17.6 Å². The Kier molecular flexibility index (Phi) is 2.70. The molecule has 0 radical (unpaired) electrons. The van der Waals surface area contributed by atoms with Crippen LogP contribution in [0.5, 0.6) is 5.75 Å². The third-order valence-corrected chi connectivity index (χ3v) is 2.49. The van der Waals surface area contributed by atoms with Gasteiger partial charge in [0, 0.05) is 12.6 Å². The van der Waals surface area contributed by atoms with Crippen molar-refractivity contribution >= 4 is 0 Å². The molecule has 0 bridgehead atoms. The fourth-order valence-electron chi connectivity index (χ4n) is 1.66. The van der Waals surface area contributed by atoms with Crippen LogP contribution in [0.3, 0.4) is 0 Å². The average molecular weight is 222 g/mol. The number of aliphatic hydroxyl groups is 1. The van der Waals surface area contributed by atoms with Gasteiger partial charge in [-0.25, -0.2) is 0 Å². The number of nitrogens with zero attached hydrogens (tertiary/aromatic N) is 2. The van der Waals surface area contributed by atoms with Crippen LogP contribution in [0.15, 0.2) is 22.9 Å². The molecule has 16 heavy (non-hydrogen) atoms. The summed E-state index contributed by atoms with van der Waals surface area (Å²) in [6.45, 7) is 1.83. The molecule has 2 aromatic rings. The third kappa shape index (κ3) is 1.69. The summed E-state index contributed by atoms with van der Waals surface area (Å²) in [6, 6.07) is 1.79. The molecule has 86 valence electrons. The summed E-state index contributed by atoms with van der Waals surface area (Å²) in [5.74, 6) is 1.32. The van der Waals surface area contributed by atoms with E-state index in [4.69, 9.17) is 9.15 Å². The van der Waals surface area contributed by atoms with E-state index in [1.165, 1.54) is 6.26 Å². The Labute approximate surface area is 93.3 Å². The number of aromatic nitrogens is 2. The van der Waals surface area contributed by atoms with Crippen LogP contribution in [0.2, 0.25) is 0 Å². The van der Waals surface area contributed by atoms with Gasteiger partial charge >= 0.3 is 0 Å². The van der Waals surface area contributed by atoms with Gasteiger partial charge < -0.3 is 14.3 Å². The second-order valence-electron chi connectivity index (χ2n) is 3.62. The van der Waals surface area contributed by atoms with Crippen LogP contribution in [0.1, 0.15) is 23.1 Å². The fraction of sp³-hybridized carbons (Fsp3) is 0.364. The summed E-state index contributed by atoms with van der Waals surface area (Å²) in [4.78, 5) is 0. The molecule has 0 amide bonds.